The van der Waals surface area contributed by atoms with Crippen LogP contribution in [0, 0.1) is 11.6 Å². The van der Waals surface area contributed by atoms with Crippen LogP contribution in [0.1, 0.15) is 25.3 Å². The van der Waals surface area contributed by atoms with Gasteiger partial charge in [-0.25, -0.2) is 8.78 Å². The zero-order valence-corrected chi connectivity index (χ0v) is 11.3. The fraction of sp³-hybridized carbons (Fsp3) is 0.600. The molecule has 2 nitrogen and oxygen atoms in total. The maximum atomic E-state index is 13.7. The molecule has 1 aromatic rings. The number of piperazine rings is 1. The quantitative estimate of drug-likeness (QED) is 0.812. The molecule has 0 saturated carbocycles. The molecule has 0 unspecified atom stereocenters. The molecule has 2 aliphatic rings. The van der Waals surface area contributed by atoms with Crippen LogP contribution in [0.15, 0.2) is 18.2 Å². The molecule has 2 saturated heterocycles. The van der Waals surface area contributed by atoms with E-state index in [4.69, 9.17) is 0 Å². The Morgan fingerprint density at radius 3 is 2.68 bits per heavy atom. The summed E-state index contributed by atoms with van der Waals surface area (Å²) in [6, 6.07) is 5.04. The minimum atomic E-state index is -0.430. The molecule has 0 spiro atoms. The van der Waals surface area contributed by atoms with Gasteiger partial charge in [-0.05, 0) is 38.4 Å². The zero-order valence-electron chi connectivity index (χ0n) is 11.3. The van der Waals surface area contributed by atoms with Gasteiger partial charge in [0.2, 0.25) is 0 Å². The lowest BCUT2D eigenvalue weighted by Gasteiger charge is -2.42. The average molecular weight is 266 g/mol. The van der Waals surface area contributed by atoms with Gasteiger partial charge >= 0.3 is 0 Å². The van der Waals surface area contributed by atoms with Crippen molar-refractivity contribution in [1.82, 2.24) is 9.80 Å². The average Bonchev–Trinajstić information content (AvgIpc) is 2.81. The SMILES string of the molecule is C[C@H]1CN2CCC[C@@H]2CN1Cc1c(F)cccc1F. The third-order valence-electron chi connectivity index (χ3n) is 4.49. The first-order valence-corrected chi connectivity index (χ1v) is 7.06. The normalized spacial score (nSPS) is 28.6. The third kappa shape index (κ3) is 2.51. The zero-order chi connectivity index (χ0) is 13.4. The van der Waals surface area contributed by atoms with Crippen LogP contribution in [0.5, 0.6) is 0 Å². The van der Waals surface area contributed by atoms with Gasteiger partial charge in [0.1, 0.15) is 11.6 Å². The summed E-state index contributed by atoms with van der Waals surface area (Å²) < 4.78 is 27.4. The fourth-order valence-corrected chi connectivity index (χ4v) is 3.35. The van der Waals surface area contributed by atoms with Gasteiger partial charge in [0.15, 0.2) is 0 Å². The Morgan fingerprint density at radius 2 is 1.95 bits per heavy atom. The van der Waals surface area contributed by atoms with Crippen LogP contribution in [0.25, 0.3) is 0 Å². The van der Waals surface area contributed by atoms with E-state index in [1.165, 1.54) is 37.6 Å². The maximum Gasteiger partial charge on any atom is 0.130 e. The summed E-state index contributed by atoms with van der Waals surface area (Å²) in [5, 5.41) is 0. The van der Waals surface area contributed by atoms with Crippen molar-refractivity contribution >= 4 is 0 Å². The summed E-state index contributed by atoms with van der Waals surface area (Å²) in [6.45, 7) is 5.64. The molecule has 0 aliphatic carbocycles. The number of halogens is 2. The van der Waals surface area contributed by atoms with Gasteiger partial charge < -0.3 is 0 Å². The molecule has 0 N–H and O–H groups in total. The van der Waals surface area contributed by atoms with Crippen molar-refractivity contribution in [3.05, 3.63) is 35.4 Å². The number of benzene rings is 1. The molecule has 19 heavy (non-hydrogen) atoms. The summed E-state index contributed by atoms with van der Waals surface area (Å²) in [4.78, 5) is 4.73. The lowest BCUT2D eigenvalue weighted by atomic mass is 10.1. The Morgan fingerprint density at radius 1 is 1.21 bits per heavy atom. The maximum absolute atomic E-state index is 13.7. The molecule has 0 amide bonds. The molecule has 104 valence electrons. The van der Waals surface area contributed by atoms with Crippen LogP contribution in [0.2, 0.25) is 0 Å². The van der Waals surface area contributed by atoms with Crippen molar-refractivity contribution in [2.45, 2.75) is 38.4 Å². The lowest BCUT2D eigenvalue weighted by molar-refractivity contribution is 0.0525. The number of hydrogen-bond acceptors (Lipinski definition) is 2. The Hall–Kier alpha value is -1.00. The predicted molar refractivity (Wildman–Crippen MR) is 70.8 cm³/mol. The van der Waals surface area contributed by atoms with E-state index in [2.05, 4.69) is 16.7 Å². The molecule has 1 aromatic carbocycles. The summed E-state index contributed by atoms with van der Waals surface area (Å²) >= 11 is 0. The van der Waals surface area contributed by atoms with Crippen LogP contribution in [0.3, 0.4) is 0 Å². The smallest absolute Gasteiger partial charge is 0.130 e. The number of nitrogens with zero attached hydrogens (tertiary/aromatic N) is 2. The van der Waals surface area contributed by atoms with E-state index in [1.54, 1.807) is 0 Å². The van der Waals surface area contributed by atoms with E-state index < -0.39 is 11.6 Å². The second-order valence-corrected chi connectivity index (χ2v) is 5.77. The van der Waals surface area contributed by atoms with E-state index in [-0.39, 0.29) is 5.56 Å². The first kappa shape index (κ1) is 13.0. The van der Waals surface area contributed by atoms with Gasteiger partial charge in [-0.3, -0.25) is 9.80 Å². The van der Waals surface area contributed by atoms with Crippen LogP contribution in [0.4, 0.5) is 8.78 Å². The molecule has 0 bridgehead atoms. The molecule has 0 aromatic heterocycles. The van der Waals surface area contributed by atoms with Crippen LogP contribution >= 0.6 is 0 Å². The molecule has 3 rings (SSSR count). The van der Waals surface area contributed by atoms with Crippen molar-refractivity contribution in [2.24, 2.45) is 0 Å². The van der Waals surface area contributed by atoms with Crippen molar-refractivity contribution in [3.8, 4) is 0 Å². The van der Waals surface area contributed by atoms with Crippen molar-refractivity contribution in [1.29, 1.82) is 0 Å². The molecule has 4 heteroatoms. The minimum Gasteiger partial charge on any atom is -0.298 e. The highest BCUT2D eigenvalue weighted by Crippen LogP contribution is 2.26. The highest BCUT2D eigenvalue weighted by molar-refractivity contribution is 5.19. The summed E-state index contributed by atoms with van der Waals surface area (Å²) in [5.41, 5.74) is 0.209. The molecule has 2 atom stereocenters. The second kappa shape index (κ2) is 5.17. The van der Waals surface area contributed by atoms with Crippen LogP contribution in [-0.4, -0.2) is 41.5 Å². The van der Waals surface area contributed by atoms with Crippen LogP contribution in [-0.2, 0) is 6.54 Å². The van der Waals surface area contributed by atoms with Gasteiger partial charge in [-0.2, -0.15) is 0 Å². The van der Waals surface area contributed by atoms with Crippen molar-refractivity contribution in [3.63, 3.8) is 0 Å². The van der Waals surface area contributed by atoms with E-state index in [0.29, 0.717) is 18.6 Å². The topological polar surface area (TPSA) is 6.48 Å². The van der Waals surface area contributed by atoms with Gasteiger partial charge in [0, 0.05) is 37.3 Å². The van der Waals surface area contributed by atoms with Gasteiger partial charge in [0.25, 0.3) is 0 Å². The Bertz CT molecular complexity index is 443. The minimum absolute atomic E-state index is 0.209. The molecule has 2 aliphatic heterocycles. The van der Waals surface area contributed by atoms with Gasteiger partial charge in [0.05, 0.1) is 0 Å². The van der Waals surface area contributed by atoms with Gasteiger partial charge in [-0.1, -0.05) is 6.07 Å². The Kier molecular flexibility index (Phi) is 3.54. The molecule has 2 heterocycles. The molecular weight excluding hydrogens is 246 g/mol. The molecular formula is C15H20F2N2. The number of fused-ring (bicyclic) bond motifs is 1. The van der Waals surface area contributed by atoms with E-state index in [0.717, 1.165) is 13.1 Å². The summed E-state index contributed by atoms with van der Waals surface area (Å²) in [5.74, 6) is -0.859. The van der Waals surface area contributed by atoms with E-state index >= 15 is 0 Å². The predicted octanol–water partition coefficient (Wildman–Crippen LogP) is 2.63. The van der Waals surface area contributed by atoms with Gasteiger partial charge in [-0.15, -0.1) is 0 Å². The summed E-state index contributed by atoms with van der Waals surface area (Å²) in [7, 11) is 0. The standard InChI is InChI=1S/C15H20F2N2/c1-11-8-18-7-3-4-12(18)9-19(11)10-13-14(16)5-2-6-15(13)17/h2,5-6,11-12H,3-4,7-10H2,1H3/t11-,12+/m0/s1. The Labute approximate surface area is 113 Å². The lowest BCUT2D eigenvalue weighted by Crippen LogP contribution is -2.54. The first-order valence-electron chi connectivity index (χ1n) is 7.06. The largest absolute Gasteiger partial charge is 0.298 e. The van der Waals surface area contributed by atoms with Crippen LogP contribution < -0.4 is 0 Å². The number of hydrogen-bond donors (Lipinski definition) is 0. The molecule has 0 radical (unpaired) electrons. The molecule has 2 fully saturated rings. The Balaban J connectivity index is 1.75. The van der Waals surface area contributed by atoms with Crippen molar-refractivity contribution < 1.29 is 8.78 Å². The highest BCUT2D eigenvalue weighted by Gasteiger charge is 2.34. The summed E-state index contributed by atoms with van der Waals surface area (Å²) in [6.07, 6.45) is 2.46. The highest BCUT2D eigenvalue weighted by atomic mass is 19.1. The fourth-order valence-electron chi connectivity index (χ4n) is 3.35. The third-order valence-corrected chi connectivity index (χ3v) is 4.49. The van der Waals surface area contributed by atoms with Crippen molar-refractivity contribution in [2.75, 3.05) is 19.6 Å². The van der Waals surface area contributed by atoms with E-state index in [1.807, 2.05) is 0 Å². The second-order valence-electron chi connectivity index (χ2n) is 5.77. The van der Waals surface area contributed by atoms with E-state index in [9.17, 15) is 8.78 Å². The first-order chi connectivity index (χ1) is 9.15. The number of rotatable bonds is 2. The monoisotopic (exact) mass is 266 g/mol.